The first kappa shape index (κ1) is 12.2. The van der Waals surface area contributed by atoms with Gasteiger partial charge < -0.3 is 5.11 Å². The van der Waals surface area contributed by atoms with E-state index in [4.69, 9.17) is 0 Å². The molecule has 0 amide bonds. The summed E-state index contributed by atoms with van der Waals surface area (Å²) in [6.07, 6.45) is 0.672. The highest BCUT2D eigenvalue weighted by Crippen LogP contribution is 2.31. The number of aromatic nitrogens is 1. The molecular weight excluding hydrogens is 237 g/mol. The van der Waals surface area contributed by atoms with E-state index in [1.54, 1.807) is 6.20 Å². The summed E-state index contributed by atoms with van der Waals surface area (Å²) in [5, 5.41) is 11.1. The summed E-state index contributed by atoms with van der Waals surface area (Å²) >= 11 is 1.38. The topological polar surface area (TPSA) is 33.1 Å². The number of hydrogen-bond acceptors (Lipinski definition) is 3. The number of halogens is 1. The molecule has 17 heavy (non-hydrogen) atoms. The predicted octanol–water partition coefficient (Wildman–Crippen LogP) is 3.29. The van der Waals surface area contributed by atoms with Crippen LogP contribution in [0.1, 0.15) is 32.7 Å². The van der Waals surface area contributed by atoms with E-state index in [0.717, 1.165) is 16.1 Å². The molecule has 0 spiro atoms. The van der Waals surface area contributed by atoms with Crippen molar-refractivity contribution < 1.29 is 9.50 Å². The summed E-state index contributed by atoms with van der Waals surface area (Å²) in [6, 6.07) is 3.31. The van der Waals surface area contributed by atoms with Crippen LogP contribution >= 0.6 is 11.3 Å². The lowest BCUT2D eigenvalue weighted by molar-refractivity contribution is 0.217. The van der Waals surface area contributed by atoms with Crippen molar-refractivity contribution in [2.24, 2.45) is 0 Å². The van der Waals surface area contributed by atoms with Crippen LogP contribution in [0.25, 0.3) is 0 Å². The van der Waals surface area contributed by atoms with E-state index in [-0.39, 0.29) is 5.82 Å². The smallest absolute Gasteiger partial charge is 0.129 e. The van der Waals surface area contributed by atoms with E-state index in [2.05, 4.69) is 4.98 Å². The van der Waals surface area contributed by atoms with Crippen LogP contribution in [-0.2, 0) is 0 Å². The van der Waals surface area contributed by atoms with Crippen molar-refractivity contribution >= 4 is 11.3 Å². The van der Waals surface area contributed by atoms with Crippen LogP contribution in [0.2, 0.25) is 0 Å². The zero-order valence-electron chi connectivity index (χ0n) is 9.99. The van der Waals surface area contributed by atoms with Gasteiger partial charge in [0, 0.05) is 11.8 Å². The summed E-state index contributed by atoms with van der Waals surface area (Å²) < 4.78 is 13.9. The van der Waals surface area contributed by atoms with Gasteiger partial charge in [0.15, 0.2) is 0 Å². The summed E-state index contributed by atoms with van der Waals surface area (Å²) in [7, 11) is 0. The Hall–Kier alpha value is -1.26. The maximum atomic E-state index is 13.9. The second kappa shape index (κ2) is 4.55. The Morgan fingerprint density at radius 1 is 1.29 bits per heavy atom. The Morgan fingerprint density at radius 3 is 2.53 bits per heavy atom. The number of nitrogens with zero attached hydrogens (tertiary/aromatic N) is 1. The van der Waals surface area contributed by atoms with Crippen LogP contribution in [0.5, 0.6) is 0 Å². The van der Waals surface area contributed by atoms with E-state index < -0.39 is 6.10 Å². The van der Waals surface area contributed by atoms with Crippen LogP contribution in [0.15, 0.2) is 18.3 Å². The number of benzene rings is 1. The van der Waals surface area contributed by atoms with Crippen LogP contribution in [-0.4, -0.2) is 10.1 Å². The molecule has 0 aliphatic rings. The molecule has 1 N–H and O–H groups in total. The zero-order valence-corrected chi connectivity index (χ0v) is 10.8. The minimum Gasteiger partial charge on any atom is -0.383 e. The summed E-state index contributed by atoms with van der Waals surface area (Å²) in [4.78, 5) is 4.75. The molecule has 1 unspecified atom stereocenters. The quantitative estimate of drug-likeness (QED) is 0.888. The van der Waals surface area contributed by atoms with E-state index in [9.17, 15) is 9.50 Å². The maximum Gasteiger partial charge on any atom is 0.129 e. The van der Waals surface area contributed by atoms with Crippen LogP contribution in [0.3, 0.4) is 0 Å². The highest BCUT2D eigenvalue weighted by atomic mass is 32.1. The zero-order chi connectivity index (χ0) is 12.6. The molecule has 0 saturated carbocycles. The summed E-state index contributed by atoms with van der Waals surface area (Å²) in [5.74, 6) is -0.360. The summed E-state index contributed by atoms with van der Waals surface area (Å²) in [6.45, 7) is 5.50. The first-order chi connectivity index (χ1) is 7.99. The fraction of sp³-hybridized carbons (Fsp3) is 0.308. The van der Waals surface area contributed by atoms with Gasteiger partial charge in [-0.1, -0.05) is 6.07 Å². The highest BCUT2D eigenvalue weighted by molar-refractivity contribution is 7.11. The van der Waals surface area contributed by atoms with E-state index in [1.165, 1.54) is 17.4 Å². The SMILES string of the molecule is Cc1cc(C)c(C(O)c2cnc(C)s2)c(F)c1. The lowest BCUT2D eigenvalue weighted by atomic mass is 9.99. The molecule has 1 heterocycles. The molecule has 0 aliphatic carbocycles. The van der Waals surface area contributed by atoms with Gasteiger partial charge in [-0.3, -0.25) is 0 Å². The monoisotopic (exact) mass is 251 g/mol. The molecule has 90 valence electrons. The number of thiazole rings is 1. The number of aliphatic hydroxyl groups excluding tert-OH is 1. The van der Waals surface area contributed by atoms with Crippen LogP contribution < -0.4 is 0 Å². The maximum absolute atomic E-state index is 13.9. The van der Waals surface area contributed by atoms with Crippen molar-refractivity contribution in [3.05, 3.63) is 50.7 Å². The molecule has 1 atom stereocenters. The molecule has 1 aromatic heterocycles. The van der Waals surface area contributed by atoms with Crippen molar-refractivity contribution in [1.82, 2.24) is 4.98 Å². The third-order valence-corrected chi connectivity index (χ3v) is 3.63. The molecule has 2 aromatic rings. The van der Waals surface area contributed by atoms with Gasteiger partial charge in [-0.15, -0.1) is 11.3 Å². The fourth-order valence-corrected chi connectivity index (χ4v) is 2.70. The molecule has 0 radical (unpaired) electrons. The minimum atomic E-state index is -0.929. The van der Waals surface area contributed by atoms with E-state index in [1.807, 2.05) is 26.8 Å². The van der Waals surface area contributed by atoms with Gasteiger partial charge in [0.25, 0.3) is 0 Å². The molecule has 0 fully saturated rings. The lowest BCUT2D eigenvalue weighted by Gasteiger charge is -2.13. The van der Waals surface area contributed by atoms with E-state index in [0.29, 0.717) is 10.4 Å². The molecule has 2 nitrogen and oxygen atoms in total. The van der Waals surface area contributed by atoms with Crippen molar-refractivity contribution in [3.63, 3.8) is 0 Å². The second-order valence-corrected chi connectivity index (χ2v) is 5.43. The Morgan fingerprint density at radius 2 is 2.00 bits per heavy atom. The number of rotatable bonds is 2. The number of aliphatic hydroxyl groups is 1. The standard InChI is InChI=1S/C13H14FNOS/c1-7-4-8(2)12(10(14)5-7)13(16)11-6-15-9(3)17-11/h4-6,13,16H,1-3H3. The predicted molar refractivity (Wildman–Crippen MR) is 66.8 cm³/mol. The van der Waals surface area contributed by atoms with Crippen molar-refractivity contribution in [2.45, 2.75) is 26.9 Å². The first-order valence-corrected chi connectivity index (χ1v) is 6.17. The van der Waals surface area contributed by atoms with Gasteiger partial charge in [-0.2, -0.15) is 0 Å². The Balaban J connectivity index is 2.47. The third-order valence-electron chi connectivity index (χ3n) is 2.66. The molecule has 0 bridgehead atoms. The molecule has 1 aromatic carbocycles. The Kier molecular flexibility index (Phi) is 3.26. The van der Waals surface area contributed by atoms with Crippen LogP contribution in [0, 0.1) is 26.6 Å². The molecule has 0 saturated heterocycles. The summed E-state index contributed by atoms with van der Waals surface area (Å²) in [5.41, 5.74) is 1.97. The Bertz CT molecular complexity index is 527. The normalized spacial score (nSPS) is 12.8. The Labute approximate surface area is 104 Å². The van der Waals surface area contributed by atoms with Crippen molar-refractivity contribution in [2.75, 3.05) is 0 Å². The van der Waals surface area contributed by atoms with Crippen molar-refractivity contribution in [1.29, 1.82) is 0 Å². The average Bonchev–Trinajstić information content (AvgIpc) is 2.63. The van der Waals surface area contributed by atoms with Gasteiger partial charge in [-0.05, 0) is 38.0 Å². The minimum absolute atomic E-state index is 0.347. The van der Waals surface area contributed by atoms with Gasteiger partial charge >= 0.3 is 0 Å². The molecule has 0 aliphatic heterocycles. The van der Waals surface area contributed by atoms with Gasteiger partial charge in [0.1, 0.15) is 11.9 Å². The van der Waals surface area contributed by atoms with Gasteiger partial charge in [-0.25, -0.2) is 9.37 Å². The molecular formula is C13H14FNOS. The average molecular weight is 251 g/mol. The first-order valence-electron chi connectivity index (χ1n) is 5.36. The van der Waals surface area contributed by atoms with Gasteiger partial charge in [0.05, 0.1) is 9.88 Å². The van der Waals surface area contributed by atoms with Crippen molar-refractivity contribution in [3.8, 4) is 0 Å². The number of aryl methyl sites for hydroxylation is 3. The number of hydrogen-bond donors (Lipinski definition) is 1. The largest absolute Gasteiger partial charge is 0.383 e. The van der Waals surface area contributed by atoms with Gasteiger partial charge in [0.2, 0.25) is 0 Å². The van der Waals surface area contributed by atoms with Crippen LogP contribution in [0.4, 0.5) is 4.39 Å². The fourth-order valence-electron chi connectivity index (χ4n) is 1.92. The second-order valence-electron chi connectivity index (χ2n) is 4.16. The lowest BCUT2D eigenvalue weighted by Crippen LogP contribution is -2.04. The third kappa shape index (κ3) is 2.37. The van der Waals surface area contributed by atoms with E-state index >= 15 is 0 Å². The highest BCUT2D eigenvalue weighted by Gasteiger charge is 2.19. The molecule has 4 heteroatoms. The molecule has 2 rings (SSSR count).